The van der Waals surface area contributed by atoms with E-state index in [4.69, 9.17) is 4.74 Å². The zero-order chi connectivity index (χ0) is 11.8. The lowest BCUT2D eigenvalue weighted by molar-refractivity contribution is -0.140. The molecular formula is C13H24O2S. The first-order valence-electron chi connectivity index (χ1n) is 6.47. The summed E-state index contributed by atoms with van der Waals surface area (Å²) in [6.07, 6.45) is 8.71. The van der Waals surface area contributed by atoms with Crippen LogP contribution in [0.4, 0.5) is 0 Å². The molecule has 0 heterocycles. The zero-order valence-electron chi connectivity index (χ0n) is 10.5. The second-order valence-electron chi connectivity index (χ2n) is 4.64. The summed E-state index contributed by atoms with van der Waals surface area (Å²) in [4.78, 5) is 11.6. The Balaban J connectivity index is 2.27. The average Bonchev–Trinajstić information content (AvgIpc) is 2.81. The predicted octanol–water partition coefficient (Wildman–Crippen LogP) is 3.64. The Labute approximate surface area is 104 Å². The molecule has 0 aromatic rings. The maximum atomic E-state index is 11.6. The molecule has 1 atom stereocenters. The lowest BCUT2D eigenvalue weighted by atomic mass is 10.1. The normalized spacial score (nSPS) is 18.6. The average molecular weight is 244 g/mol. The molecule has 94 valence electrons. The van der Waals surface area contributed by atoms with Crippen molar-refractivity contribution in [3.8, 4) is 0 Å². The number of thioether (sulfide) groups is 1. The molecule has 0 aliphatic heterocycles. The first kappa shape index (κ1) is 13.9. The molecule has 1 aliphatic carbocycles. The molecule has 1 fully saturated rings. The summed E-state index contributed by atoms with van der Waals surface area (Å²) >= 11 is 1.82. The Kier molecular flexibility index (Phi) is 6.93. The van der Waals surface area contributed by atoms with Gasteiger partial charge >= 0.3 is 5.97 Å². The van der Waals surface area contributed by atoms with Crippen molar-refractivity contribution in [1.82, 2.24) is 0 Å². The SMILES string of the molecule is CCCCC(SCC1CCCC1)C(=O)OC. The third-order valence-corrected chi connectivity index (χ3v) is 4.79. The molecule has 0 aromatic carbocycles. The maximum Gasteiger partial charge on any atom is 0.318 e. The van der Waals surface area contributed by atoms with E-state index in [1.54, 1.807) is 0 Å². The number of rotatable bonds is 7. The van der Waals surface area contributed by atoms with Crippen LogP contribution in [0.5, 0.6) is 0 Å². The van der Waals surface area contributed by atoms with Gasteiger partial charge in [0.1, 0.15) is 5.25 Å². The van der Waals surface area contributed by atoms with E-state index in [1.807, 2.05) is 11.8 Å². The van der Waals surface area contributed by atoms with Crippen molar-refractivity contribution in [2.75, 3.05) is 12.9 Å². The van der Waals surface area contributed by atoms with Gasteiger partial charge in [-0.05, 0) is 30.9 Å². The largest absolute Gasteiger partial charge is 0.468 e. The maximum absolute atomic E-state index is 11.6. The second-order valence-corrected chi connectivity index (χ2v) is 5.87. The van der Waals surface area contributed by atoms with Gasteiger partial charge in [-0.25, -0.2) is 0 Å². The quantitative estimate of drug-likeness (QED) is 0.640. The van der Waals surface area contributed by atoms with E-state index >= 15 is 0 Å². The van der Waals surface area contributed by atoms with Crippen LogP contribution in [0.15, 0.2) is 0 Å². The molecule has 0 radical (unpaired) electrons. The van der Waals surface area contributed by atoms with Gasteiger partial charge in [0.2, 0.25) is 0 Å². The lowest BCUT2D eigenvalue weighted by Gasteiger charge is -2.16. The number of hydrogen-bond acceptors (Lipinski definition) is 3. The molecular weight excluding hydrogens is 220 g/mol. The highest BCUT2D eigenvalue weighted by Gasteiger charge is 2.22. The Hall–Kier alpha value is -0.180. The fourth-order valence-corrected chi connectivity index (χ4v) is 3.62. The van der Waals surface area contributed by atoms with E-state index < -0.39 is 0 Å². The van der Waals surface area contributed by atoms with Crippen molar-refractivity contribution in [2.24, 2.45) is 5.92 Å². The molecule has 0 aromatic heterocycles. The van der Waals surface area contributed by atoms with Crippen LogP contribution in [0.2, 0.25) is 0 Å². The van der Waals surface area contributed by atoms with Crippen LogP contribution in [0.1, 0.15) is 51.9 Å². The standard InChI is InChI=1S/C13H24O2S/c1-3-4-9-12(13(14)15-2)16-10-11-7-5-6-8-11/h11-12H,3-10H2,1-2H3. The van der Waals surface area contributed by atoms with Crippen molar-refractivity contribution in [1.29, 1.82) is 0 Å². The van der Waals surface area contributed by atoms with Crippen molar-refractivity contribution in [3.63, 3.8) is 0 Å². The number of methoxy groups -OCH3 is 1. The fraction of sp³-hybridized carbons (Fsp3) is 0.923. The molecule has 3 heteroatoms. The summed E-state index contributed by atoms with van der Waals surface area (Å²) in [5.74, 6) is 1.96. The van der Waals surface area contributed by atoms with Gasteiger partial charge in [0, 0.05) is 0 Å². The zero-order valence-corrected chi connectivity index (χ0v) is 11.4. The third-order valence-electron chi connectivity index (χ3n) is 3.29. The third kappa shape index (κ3) is 4.77. The number of hydrogen-bond donors (Lipinski definition) is 0. The van der Waals surface area contributed by atoms with E-state index in [1.165, 1.54) is 32.8 Å². The molecule has 16 heavy (non-hydrogen) atoms. The highest BCUT2D eigenvalue weighted by atomic mass is 32.2. The number of esters is 1. The molecule has 1 saturated carbocycles. The smallest absolute Gasteiger partial charge is 0.318 e. The summed E-state index contributed by atoms with van der Waals surface area (Å²) in [6, 6.07) is 0. The minimum Gasteiger partial charge on any atom is -0.468 e. The van der Waals surface area contributed by atoms with Gasteiger partial charge in [-0.1, -0.05) is 32.6 Å². The van der Waals surface area contributed by atoms with E-state index in [0.29, 0.717) is 0 Å². The summed E-state index contributed by atoms with van der Waals surface area (Å²) in [5.41, 5.74) is 0. The molecule has 0 bridgehead atoms. The minimum atomic E-state index is -0.0311. The molecule has 1 unspecified atom stereocenters. The van der Waals surface area contributed by atoms with E-state index in [2.05, 4.69) is 6.92 Å². The summed E-state index contributed by atoms with van der Waals surface area (Å²) in [7, 11) is 1.50. The van der Waals surface area contributed by atoms with Crippen LogP contribution >= 0.6 is 11.8 Å². The molecule has 0 spiro atoms. The predicted molar refractivity (Wildman–Crippen MR) is 69.7 cm³/mol. The van der Waals surface area contributed by atoms with E-state index in [9.17, 15) is 4.79 Å². The summed E-state index contributed by atoms with van der Waals surface area (Å²) < 4.78 is 4.86. The van der Waals surface area contributed by atoms with Crippen molar-refractivity contribution in [2.45, 2.75) is 57.1 Å². The summed E-state index contributed by atoms with van der Waals surface area (Å²) in [6.45, 7) is 2.16. The van der Waals surface area contributed by atoms with Gasteiger partial charge < -0.3 is 4.74 Å². The van der Waals surface area contributed by atoms with E-state index in [-0.39, 0.29) is 11.2 Å². The van der Waals surface area contributed by atoms with Crippen LogP contribution < -0.4 is 0 Å². The van der Waals surface area contributed by atoms with Crippen molar-refractivity contribution in [3.05, 3.63) is 0 Å². The Bertz CT molecular complexity index is 200. The number of carbonyl (C=O) groups excluding carboxylic acids is 1. The van der Waals surface area contributed by atoms with Gasteiger partial charge in [-0.2, -0.15) is 0 Å². The van der Waals surface area contributed by atoms with Gasteiger partial charge in [-0.15, -0.1) is 11.8 Å². The molecule has 1 aliphatic rings. The Morgan fingerprint density at radius 1 is 1.44 bits per heavy atom. The summed E-state index contributed by atoms with van der Waals surface area (Å²) in [5, 5.41) is 0.0746. The van der Waals surface area contributed by atoms with Crippen LogP contribution in [0.25, 0.3) is 0 Å². The molecule has 0 N–H and O–H groups in total. The van der Waals surface area contributed by atoms with Gasteiger partial charge in [0.25, 0.3) is 0 Å². The van der Waals surface area contributed by atoms with Gasteiger partial charge in [-0.3, -0.25) is 4.79 Å². The molecule has 1 rings (SSSR count). The highest BCUT2D eigenvalue weighted by Crippen LogP contribution is 2.30. The Morgan fingerprint density at radius 2 is 2.12 bits per heavy atom. The fourth-order valence-electron chi connectivity index (χ4n) is 2.22. The van der Waals surface area contributed by atoms with Crippen LogP contribution in [0.3, 0.4) is 0 Å². The Morgan fingerprint density at radius 3 is 2.69 bits per heavy atom. The first-order valence-corrected chi connectivity index (χ1v) is 7.52. The first-order chi connectivity index (χ1) is 7.77. The van der Waals surface area contributed by atoms with Gasteiger partial charge in [0.05, 0.1) is 7.11 Å². The lowest BCUT2D eigenvalue weighted by Crippen LogP contribution is -2.20. The molecule has 2 nitrogen and oxygen atoms in total. The number of ether oxygens (including phenoxy) is 1. The van der Waals surface area contributed by atoms with Crippen LogP contribution in [-0.4, -0.2) is 24.1 Å². The monoisotopic (exact) mass is 244 g/mol. The van der Waals surface area contributed by atoms with E-state index in [0.717, 1.165) is 30.9 Å². The van der Waals surface area contributed by atoms with Crippen LogP contribution in [0, 0.1) is 5.92 Å². The molecule has 0 saturated heterocycles. The van der Waals surface area contributed by atoms with Crippen molar-refractivity contribution < 1.29 is 9.53 Å². The number of carbonyl (C=O) groups is 1. The second kappa shape index (κ2) is 7.99. The molecule has 0 amide bonds. The highest BCUT2D eigenvalue weighted by molar-refractivity contribution is 8.00. The minimum absolute atomic E-state index is 0.0311. The van der Waals surface area contributed by atoms with Crippen molar-refractivity contribution >= 4 is 17.7 Å². The van der Waals surface area contributed by atoms with Gasteiger partial charge in [0.15, 0.2) is 0 Å². The van der Waals surface area contributed by atoms with Crippen LogP contribution in [-0.2, 0) is 9.53 Å². The number of unbranched alkanes of at least 4 members (excludes halogenated alkanes) is 1. The topological polar surface area (TPSA) is 26.3 Å².